The summed E-state index contributed by atoms with van der Waals surface area (Å²) in [6.07, 6.45) is 0. The van der Waals surface area contributed by atoms with Crippen LogP contribution in [0.15, 0.2) is 42.5 Å². The summed E-state index contributed by atoms with van der Waals surface area (Å²) in [7, 11) is 0. The first-order valence-corrected chi connectivity index (χ1v) is 6.05. The number of hydrogen-bond acceptors (Lipinski definition) is 2. The molecule has 3 N–H and O–H groups in total. The second kappa shape index (κ2) is 5.69. The Morgan fingerprint density at radius 3 is 2.35 bits per heavy atom. The van der Waals surface area contributed by atoms with E-state index in [0.717, 1.165) is 0 Å². The number of nitrogens with one attached hydrogen (secondary N) is 1. The highest BCUT2D eigenvalue weighted by molar-refractivity contribution is 5.84. The van der Waals surface area contributed by atoms with Crippen molar-refractivity contribution in [2.24, 2.45) is 5.73 Å². The third-order valence-electron chi connectivity index (χ3n) is 2.96. The maximum absolute atomic E-state index is 13.3. The summed E-state index contributed by atoms with van der Waals surface area (Å²) >= 11 is 0. The molecule has 1 atom stereocenters. The number of carbonyl (C=O) groups excluding carboxylic acids is 1. The van der Waals surface area contributed by atoms with E-state index in [1.807, 2.05) is 0 Å². The minimum absolute atomic E-state index is 0.348. The second-order valence-corrected chi connectivity index (χ2v) is 4.50. The van der Waals surface area contributed by atoms with Crippen molar-refractivity contribution in [1.82, 2.24) is 0 Å². The van der Waals surface area contributed by atoms with Crippen LogP contribution in [0.3, 0.4) is 0 Å². The van der Waals surface area contributed by atoms with E-state index in [0.29, 0.717) is 16.8 Å². The molecule has 0 bridgehead atoms. The third kappa shape index (κ3) is 3.12. The van der Waals surface area contributed by atoms with E-state index in [1.165, 1.54) is 36.4 Å². The van der Waals surface area contributed by atoms with Crippen LogP contribution >= 0.6 is 0 Å². The zero-order valence-corrected chi connectivity index (χ0v) is 10.9. The molecule has 2 aromatic rings. The number of rotatable bonds is 4. The smallest absolute Gasteiger partial charge is 0.244 e. The van der Waals surface area contributed by atoms with E-state index in [4.69, 9.17) is 5.73 Å². The minimum atomic E-state index is -0.806. The van der Waals surface area contributed by atoms with Crippen LogP contribution in [0, 0.1) is 18.6 Å². The Hall–Kier alpha value is -2.43. The standard InChI is InChI=1S/C15H14F2N2O/c1-9-8-10(2-7-13(9)17)14(15(18)20)19-12-5-3-11(16)4-6-12/h2-8,14,19H,1H3,(H2,18,20). The molecule has 0 saturated heterocycles. The molecular weight excluding hydrogens is 262 g/mol. The lowest BCUT2D eigenvalue weighted by atomic mass is 10.0. The minimum Gasteiger partial charge on any atom is -0.370 e. The van der Waals surface area contributed by atoms with Gasteiger partial charge >= 0.3 is 0 Å². The van der Waals surface area contributed by atoms with Crippen LogP contribution in [0.1, 0.15) is 17.2 Å². The van der Waals surface area contributed by atoms with E-state index in [-0.39, 0.29) is 11.6 Å². The predicted octanol–water partition coefficient (Wildman–Crippen LogP) is 2.91. The zero-order valence-electron chi connectivity index (χ0n) is 10.9. The molecule has 0 fully saturated rings. The molecule has 0 aromatic heterocycles. The lowest BCUT2D eigenvalue weighted by molar-refractivity contribution is -0.118. The largest absolute Gasteiger partial charge is 0.370 e. The van der Waals surface area contributed by atoms with E-state index in [2.05, 4.69) is 5.32 Å². The van der Waals surface area contributed by atoms with Crippen LogP contribution in [0.5, 0.6) is 0 Å². The molecule has 0 aliphatic heterocycles. The molecule has 3 nitrogen and oxygen atoms in total. The molecule has 0 heterocycles. The normalized spacial score (nSPS) is 11.9. The van der Waals surface area contributed by atoms with Crippen molar-refractivity contribution in [3.05, 3.63) is 65.2 Å². The number of anilines is 1. The van der Waals surface area contributed by atoms with Gasteiger partial charge < -0.3 is 11.1 Å². The molecular formula is C15H14F2N2O. The molecule has 0 aliphatic rings. The zero-order chi connectivity index (χ0) is 14.7. The molecule has 0 saturated carbocycles. The monoisotopic (exact) mass is 276 g/mol. The number of benzene rings is 2. The quantitative estimate of drug-likeness (QED) is 0.902. The molecule has 104 valence electrons. The first kappa shape index (κ1) is 14.0. The lowest BCUT2D eigenvalue weighted by Gasteiger charge is -2.17. The van der Waals surface area contributed by atoms with Gasteiger partial charge in [0.25, 0.3) is 0 Å². The number of carbonyl (C=O) groups is 1. The summed E-state index contributed by atoms with van der Waals surface area (Å²) in [5, 5.41) is 2.90. The van der Waals surface area contributed by atoms with Gasteiger partial charge in [0, 0.05) is 5.69 Å². The number of amides is 1. The summed E-state index contributed by atoms with van der Waals surface area (Å²) < 4.78 is 26.1. The van der Waals surface area contributed by atoms with Crippen LogP contribution in [-0.2, 0) is 4.79 Å². The van der Waals surface area contributed by atoms with Gasteiger partial charge in [0.05, 0.1) is 0 Å². The summed E-state index contributed by atoms with van der Waals surface area (Å²) in [5.41, 5.74) is 6.90. The maximum atomic E-state index is 13.3. The molecule has 2 aromatic carbocycles. The Kier molecular flexibility index (Phi) is 3.98. The fraction of sp³-hybridized carbons (Fsp3) is 0.133. The van der Waals surface area contributed by atoms with E-state index < -0.39 is 11.9 Å². The van der Waals surface area contributed by atoms with Gasteiger partial charge in [-0.1, -0.05) is 12.1 Å². The van der Waals surface area contributed by atoms with Crippen molar-refractivity contribution in [1.29, 1.82) is 0 Å². The van der Waals surface area contributed by atoms with Crippen molar-refractivity contribution in [2.75, 3.05) is 5.32 Å². The fourth-order valence-corrected chi connectivity index (χ4v) is 1.88. The fourth-order valence-electron chi connectivity index (χ4n) is 1.88. The summed E-state index contributed by atoms with van der Waals surface area (Å²) in [4.78, 5) is 11.6. The van der Waals surface area contributed by atoms with Crippen LogP contribution in [0.2, 0.25) is 0 Å². The Balaban J connectivity index is 2.29. The highest BCUT2D eigenvalue weighted by Gasteiger charge is 2.18. The van der Waals surface area contributed by atoms with Crippen LogP contribution in [0.4, 0.5) is 14.5 Å². The first-order valence-electron chi connectivity index (χ1n) is 6.05. The molecule has 0 radical (unpaired) electrons. The Labute approximate surface area is 115 Å². The number of hydrogen-bond donors (Lipinski definition) is 2. The molecule has 1 amide bonds. The summed E-state index contributed by atoms with van der Waals surface area (Å²) in [6.45, 7) is 1.61. The molecule has 2 rings (SSSR count). The SMILES string of the molecule is Cc1cc(C(Nc2ccc(F)cc2)C(N)=O)ccc1F. The molecule has 1 unspecified atom stereocenters. The topological polar surface area (TPSA) is 55.1 Å². The molecule has 0 spiro atoms. The highest BCUT2D eigenvalue weighted by atomic mass is 19.1. The van der Waals surface area contributed by atoms with Crippen LogP contribution in [-0.4, -0.2) is 5.91 Å². The third-order valence-corrected chi connectivity index (χ3v) is 2.96. The van der Waals surface area contributed by atoms with Gasteiger partial charge in [-0.2, -0.15) is 0 Å². The number of halogens is 2. The average molecular weight is 276 g/mol. The first-order chi connectivity index (χ1) is 9.47. The highest BCUT2D eigenvalue weighted by Crippen LogP contribution is 2.21. The molecule has 5 heteroatoms. The number of aryl methyl sites for hydroxylation is 1. The van der Waals surface area contributed by atoms with Gasteiger partial charge in [-0.3, -0.25) is 4.79 Å². The molecule has 0 aliphatic carbocycles. The van der Waals surface area contributed by atoms with Gasteiger partial charge in [-0.05, 0) is 48.4 Å². The Bertz CT molecular complexity index is 626. The Morgan fingerprint density at radius 2 is 1.80 bits per heavy atom. The van der Waals surface area contributed by atoms with Crippen molar-refractivity contribution in [3.8, 4) is 0 Å². The van der Waals surface area contributed by atoms with Crippen molar-refractivity contribution in [3.63, 3.8) is 0 Å². The van der Waals surface area contributed by atoms with Gasteiger partial charge in [0.2, 0.25) is 5.91 Å². The molecule has 20 heavy (non-hydrogen) atoms. The van der Waals surface area contributed by atoms with Crippen molar-refractivity contribution in [2.45, 2.75) is 13.0 Å². The summed E-state index contributed by atoms with van der Waals surface area (Å²) in [6, 6.07) is 9.08. The van der Waals surface area contributed by atoms with Crippen LogP contribution in [0.25, 0.3) is 0 Å². The van der Waals surface area contributed by atoms with E-state index in [9.17, 15) is 13.6 Å². The van der Waals surface area contributed by atoms with E-state index >= 15 is 0 Å². The average Bonchev–Trinajstić information content (AvgIpc) is 2.41. The van der Waals surface area contributed by atoms with Crippen molar-refractivity contribution >= 4 is 11.6 Å². The van der Waals surface area contributed by atoms with E-state index in [1.54, 1.807) is 13.0 Å². The number of nitrogens with two attached hydrogens (primary N) is 1. The maximum Gasteiger partial charge on any atom is 0.244 e. The van der Waals surface area contributed by atoms with Gasteiger partial charge in [-0.25, -0.2) is 8.78 Å². The predicted molar refractivity (Wildman–Crippen MR) is 73.1 cm³/mol. The van der Waals surface area contributed by atoms with Gasteiger partial charge in [0.15, 0.2) is 0 Å². The van der Waals surface area contributed by atoms with Gasteiger partial charge in [-0.15, -0.1) is 0 Å². The van der Waals surface area contributed by atoms with Gasteiger partial charge in [0.1, 0.15) is 17.7 Å². The lowest BCUT2D eigenvalue weighted by Crippen LogP contribution is -2.27. The number of primary amides is 1. The summed E-state index contributed by atoms with van der Waals surface area (Å²) in [5.74, 6) is -1.32. The van der Waals surface area contributed by atoms with Crippen LogP contribution < -0.4 is 11.1 Å². The van der Waals surface area contributed by atoms with Crippen molar-refractivity contribution < 1.29 is 13.6 Å². The second-order valence-electron chi connectivity index (χ2n) is 4.50. The Morgan fingerprint density at radius 1 is 1.15 bits per heavy atom.